The molecule has 0 saturated carbocycles. The van der Waals surface area contributed by atoms with Crippen LogP contribution in [0.15, 0.2) is 182 Å². The number of hydrogen-bond acceptors (Lipinski definition) is 17. The largest absolute Gasteiger partial charge is 0.459 e. The number of carbonyl (C=O) groups is 2. The predicted octanol–water partition coefficient (Wildman–Crippen LogP) is 6.08. The van der Waals surface area contributed by atoms with Gasteiger partial charge in [0.15, 0.2) is 18.9 Å². The van der Waals surface area contributed by atoms with Gasteiger partial charge in [0, 0.05) is 0 Å². The summed E-state index contributed by atoms with van der Waals surface area (Å²) in [5.41, 5.74) is 3.81. The second-order valence-corrected chi connectivity index (χ2v) is 19.0. The van der Waals surface area contributed by atoms with Crippen LogP contribution in [0.2, 0.25) is 0 Å². The van der Waals surface area contributed by atoms with Crippen LogP contribution < -0.4 is 0 Å². The van der Waals surface area contributed by atoms with E-state index in [1.165, 1.54) is 0 Å². The lowest BCUT2D eigenvalue weighted by Gasteiger charge is -2.50. The van der Waals surface area contributed by atoms with Crippen molar-refractivity contribution in [3.63, 3.8) is 0 Å². The van der Waals surface area contributed by atoms with E-state index in [0.29, 0.717) is 0 Å². The van der Waals surface area contributed by atoms with Crippen LogP contribution in [-0.2, 0) is 78.5 Å². The molecule has 3 aliphatic rings. The van der Waals surface area contributed by atoms with E-state index in [1.54, 1.807) is 60.7 Å². The molecule has 3 fully saturated rings. The zero-order chi connectivity index (χ0) is 53.5. The first-order chi connectivity index (χ1) is 37.6. The van der Waals surface area contributed by atoms with Gasteiger partial charge < -0.3 is 72.5 Å². The molecule has 6 aromatic carbocycles. The summed E-state index contributed by atoms with van der Waals surface area (Å²) in [6.07, 6.45) is -21.4. The number of hydrogen-bond donors (Lipinski definition) is 4. The standard InChI is InChI=1S/C60H64O17/c1-38-51(67-32-39-20-8-2-9-21-39)54(68-33-40-22-10-3-11-23-40)55(69-34-41-24-12-4-13-25-41)60(73-38)77-53-50(64)58(72-35-42-26-14-5-15-27-42)75-46(37-71-57(66)44-30-18-7-19-31-44)52(53)76-59-49(63)48(62)47(61)45(74-59)36-70-56(65)43-28-16-6-17-29-43/h2-31,38,45-55,58-64H,32-37H2,1H3. The molecule has 406 valence electrons. The Morgan fingerprint density at radius 1 is 0.377 bits per heavy atom. The summed E-state index contributed by atoms with van der Waals surface area (Å²) >= 11 is 0. The van der Waals surface area contributed by atoms with Crippen LogP contribution in [0.25, 0.3) is 0 Å². The zero-order valence-corrected chi connectivity index (χ0v) is 42.3. The van der Waals surface area contributed by atoms with Gasteiger partial charge in [-0.1, -0.05) is 158 Å². The van der Waals surface area contributed by atoms with Crippen LogP contribution in [-0.4, -0.2) is 138 Å². The van der Waals surface area contributed by atoms with E-state index in [9.17, 15) is 30.0 Å². The van der Waals surface area contributed by atoms with Crippen molar-refractivity contribution in [2.24, 2.45) is 0 Å². The van der Waals surface area contributed by atoms with Gasteiger partial charge >= 0.3 is 11.9 Å². The van der Waals surface area contributed by atoms with Crippen molar-refractivity contribution in [3.8, 4) is 0 Å². The van der Waals surface area contributed by atoms with Gasteiger partial charge in [-0.2, -0.15) is 0 Å². The van der Waals surface area contributed by atoms with Crippen molar-refractivity contribution in [1.82, 2.24) is 0 Å². The van der Waals surface area contributed by atoms with E-state index in [2.05, 4.69) is 0 Å². The minimum absolute atomic E-state index is 0.0369. The van der Waals surface area contributed by atoms with Gasteiger partial charge in [0.05, 0.1) is 43.7 Å². The monoisotopic (exact) mass is 1060 g/mol. The molecule has 4 N–H and O–H groups in total. The summed E-state index contributed by atoms with van der Waals surface area (Å²) < 4.78 is 71.1. The fourth-order valence-electron chi connectivity index (χ4n) is 9.32. The molecule has 6 aromatic rings. The first-order valence-corrected chi connectivity index (χ1v) is 25.7. The highest BCUT2D eigenvalue weighted by atomic mass is 16.8. The molecule has 0 amide bonds. The number of aliphatic hydroxyl groups excluding tert-OH is 4. The topological polar surface area (TPSA) is 217 Å². The molecular weight excluding hydrogens is 993 g/mol. The molecular formula is C60H64O17. The van der Waals surface area contributed by atoms with Crippen LogP contribution in [0, 0.1) is 0 Å². The van der Waals surface area contributed by atoms with Gasteiger partial charge in [-0.15, -0.1) is 0 Å². The van der Waals surface area contributed by atoms with Crippen LogP contribution in [0.1, 0.15) is 49.9 Å². The van der Waals surface area contributed by atoms with Crippen molar-refractivity contribution in [3.05, 3.63) is 215 Å². The summed E-state index contributed by atoms with van der Waals surface area (Å²) in [6.45, 7) is 1.09. The van der Waals surface area contributed by atoms with Crippen LogP contribution in [0.4, 0.5) is 0 Å². The number of esters is 2. The van der Waals surface area contributed by atoms with Crippen LogP contribution in [0.3, 0.4) is 0 Å². The fraction of sp³-hybridized carbons (Fsp3) is 0.367. The zero-order valence-electron chi connectivity index (χ0n) is 42.3. The van der Waals surface area contributed by atoms with Crippen LogP contribution >= 0.6 is 0 Å². The molecule has 77 heavy (non-hydrogen) atoms. The maximum atomic E-state index is 13.6. The molecule has 3 aliphatic heterocycles. The molecule has 15 unspecified atom stereocenters. The third-order valence-corrected chi connectivity index (χ3v) is 13.5. The molecule has 15 atom stereocenters. The Bertz CT molecular complexity index is 2690. The van der Waals surface area contributed by atoms with E-state index in [-0.39, 0.29) is 37.6 Å². The van der Waals surface area contributed by atoms with Gasteiger partial charge in [0.1, 0.15) is 80.4 Å². The second kappa shape index (κ2) is 27.4. The van der Waals surface area contributed by atoms with E-state index < -0.39 is 117 Å². The average molecular weight is 1060 g/mol. The van der Waals surface area contributed by atoms with E-state index >= 15 is 0 Å². The Morgan fingerprint density at radius 2 is 0.766 bits per heavy atom. The Morgan fingerprint density at radius 3 is 1.25 bits per heavy atom. The molecule has 0 aromatic heterocycles. The lowest BCUT2D eigenvalue weighted by molar-refractivity contribution is -0.391. The third kappa shape index (κ3) is 14.7. The highest BCUT2D eigenvalue weighted by molar-refractivity contribution is 5.89. The molecule has 9 rings (SSSR count). The summed E-state index contributed by atoms with van der Waals surface area (Å²) in [6, 6.07) is 54.3. The van der Waals surface area contributed by atoms with Gasteiger partial charge in [-0.25, -0.2) is 9.59 Å². The van der Waals surface area contributed by atoms with Crippen molar-refractivity contribution in [1.29, 1.82) is 0 Å². The number of ether oxygens (including phenoxy) is 11. The predicted molar refractivity (Wildman–Crippen MR) is 275 cm³/mol. The van der Waals surface area contributed by atoms with Crippen molar-refractivity contribution in [2.45, 2.75) is 125 Å². The molecule has 0 bridgehead atoms. The molecule has 0 spiro atoms. The van der Waals surface area contributed by atoms with Gasteiger partial charge in [-0.05, 0) is 53.4 Å². The smallest absolute Gasteiger partial charge is 0.338 e. The van der Waals surface area contributed by atoms with E-state index in [4.69, 9.17) is 52.1 Å². The van der Waals surface area contributed by atoms with Crippen molar-refractivity contribution < 1.29 is 82.1 Å². The van der Waals surface area contributed by atoms with Gasteiger partial charge in [0.2, 0.25) is 0 Å². The van der Waals surface area contributed by atoms with Gasteiger partial charge in [-0.3, -0.25) is 0 Å². The quantitative estimate of drug-likeness (QED) is 0.0567. The molecule has 0 radical (unpaired) electrons. The maximum absolute atomic E-state index is 13.6. The highest BCUT2D eigenvalue weighted by Gasteiger charge is 2.56. The maximum Gasteiger partial charge on any atom is 0.338 e. The number of aliphatic hydroxyl groups is 4. The normalized spacial score (nSPS) is 29.3. The number of rotatable bonds is 22. The molecule has 3 saturated heterocycles. The van der Waals surface area contributed by atoms with E-state index in [1.807, 2.05) is 128 Å². The molecule has 0 aliphatic carbocycles. The Hall–Kier alpha value is -6.26. The van der Waals surface area contributed by atoms with Crippen molar-refractivity contribution >= 4 is 11.9 Å². The van der Waals surface area contributed by atoms with E-state index in [0.717, 1.165) is 22.3 Å². The minimum atomic E-state index is -1.94. The highest BCUT2D eigenvalue weighted by Crippen LogP contribution is 2.37. The molecule has 17 nitrogen and oxygen atoms in total. The lowest BCUT2D eigenvalue weighted by atomic mass is 9.95. The first kappa shape index (κ1) is 55.5. The first-order valence-electron chi connectivity index (χ1n) is 25.7. The van der Waals surface area contributed by atoms with Crippen LogP contribution in [0.5, 0.6) is 0 Å². The Labute approximate surface area is 446 Å². The summed E-state index contributed by atoms with van der Waals surface area (Å²) in [5.74, 6) is -1.45. The third-order valence-electron chi connectivity index (χ3n) is 13.5. The minimum Gasteiger partial charge on any atom is -0.459 e. The SMILES string of the molecule is CC1OC(OC2C(O)C(OCc3ccccc3)OC(COC(=O)c3ccccc3)C2OC2OC(COC(=O)c3ccccc3)C(O)C(O)C2O)C(OCc2ccccc2)C(OCc2ccccc2)C1OCc1ccccc1. The Kier molecular flexibility index (Phi) is 19.7. The average Bonchev–Trinajstić information content (AvgIpc) is 3.49. The number of carbonyl (C=O) groups excluding carboxylic acids is 2. The Balaban J connectivity index is 1.07. The summed E-state index contributed by atoms with van der Waals surface area (Å²) in [5, 5.41) is 46.8. The lowest BCUT2D eigenvalue weighted by Crippen LogP contribution is -2.67. The summed E-state index contributed by atoms with van der Waals surface area (Å²) in [4.78, 5) is 26.7. The summed E-state index contributed by atoms with van der Waals surface area (Å²) in [7, 11) is 0. The van der Waals surface area contributed by atoms with Crippen molar-refractivity contribution in [2.75, 3.05) is 13.2 Å². The molecule has 3 heterocycles. The number of benzene rings is 6. The molecule has 17 heteroatoms. The second-order valence-electron chi connectivity index (χ2n) is 19.0. The fourth-order valence-corrected chi connectivity index (χ4v) is 9.32. The van der Waals surface area contributed by atoms with Gasteiger partial charge in [0.25, 0.3) is 0 Å².